The maximum Gasteiger partial charge on any atom is 0.397 e. The molecule has 0 saturated carbocycles. The number of anilines is 1. The summed E-state index contributed by atoms with van der Waals surface area (Å²) in [5, 5.41) is -0.871. The molecule has 1 atom stereocenters. The fraction of sp³-hybridized carbons (Fsp3) is 0.562. The van der Waals surface area contributed by atoms with Gasteiger partial charge in [-0.1, -0.05) is 18.2 Å². The lowest BCUT2D eigenvalue weighted by Gasteiger charge is -2.35. The number of amides is 1. The molecule has 1 fully saturated rings. The number of likely N-dealkylation sites (tertiary alicyclic amines) is 1. The number of carbonyl (C=O) groups is 1. The average molecular weight is 376 g/mol. The minimum atomic E-state index is -4.59. The van der Waals surface area contributed by atoms with E-state index in [1.165, 1.54) is 4.31 Å². The van der Waals surface area contributed by atoms with Crippen molar-refractivity contribution in [1.82, 2.24) is 4.90 Å². The number of nitrogens with zero attached hydrogens (tertiary/aromatic N) is 2. The summed E-state index contributed by atoms with van der Waals surface area (Å²) in [5.74, 6) is -1.06. The topological polar surface area (TPSA) is 57.7 Å². The predicted octanol–water partition coefficient (Wildman–Crippen LogP) is 2.32. The number of halogens is 3. The van der Waals surface area contributed by atoms with Crippen LogP contribution in [0.4, 0.5) is 18.9 Å². The van der Waals surface area contributed by atoms with Crippen LogP contribution in [0.1, 0.15) is 24.8 Å². The highest BCUT2D eigenvalue weighted by atomic mass is 32.2. The number of sulfonamides is 1. The van der Waals surface area contributed by atoms with E-state index in [2.05, 4.69) is 0 Å². The summed E-state index contributed by atoms with van der Waals surface area (Å²) >= 11 is 0. The second-order valence-electron chi connectivity index (χ2n) is 6.39. The number of rotatable bonds is 3. The van der Waals surface area contributed by atoms with Crippen molar-refractivity contribution >= 4 is 21.6 Å². The largest absolute Gasteiger partial charge is 0.397 e. The molecule has 1 saturated heterocycles. The Morgan fingerprint density at radius 2 is 1.92 bits per heavy atom. The van der Waals surface area contributed by atoms with Crippen LogP contribution in [0.3, 0.4) is 0 Å². The summed E-state index contributed by atoms with van der Waals surface area (Å²) in [4.78, 5) is 12.8. The van der Waals surface area contributed by atoms with Crippen LogP contribution >= 0.6 is 0 Å². The van der Waals surface area contributed by atoms with Gasteiger partial charge in [-0.25, -0.2) is 8.42 Å². The van der Waals surface area contributed by atoms with Crippen molar-refractivity contribution in [2.45, 2.75) is 37.1 Å². The van der Waals surface area contributed by atoms with Crippen molar-refractivity contribution in [2.75, 3.05) is 23.9 Å². The summed E-state index contributed by atoms with van der Waals surface area (Å²) in [6.07, 6.45) is -4.80. The zero-order valence-electron chi connectivity index (χ0n) is 13.5. The van der Waals surface area contributed by atoms with E-state index in [0.717, 1.165) is 10.5 Å². The summed E-state index contributed by atoms with van der Waals surface area (Å²) in [5.41, 5.74) is 1.56. The molecule has 5 nitrogen and oxygen atoms in total. The van der Waals surface area contributed by atoms with Crippen LogP contribution in [0.5, 0.6) is 0 Å². The molecular weight excluding hydrogens is 357 g/mol. The average Bonchev–Trinajstić information content (AvgIpc) is 2.98. The molecular formula is C16H19F3N2O3S. The van der Waals surface area contributed by atoms with E-state index < -0.39 is 33.8 Å². The van der Waals surface area contributed by atoms with Gasteiger partial charge in [-0.15, -0.1) is 0 Å². The number of carbonyl (C=O) groups excluding carboxylic acids is 1. The van der Waals surface area contributed by atoms with Crippen molar-refractivity contribution < 1.29 is 26.4 Å². The monoisotopic (exact) mass is 376 g/mol. The predicted molar refractivity (Wildman–Crippen MR) is 86.7 cm³/mol. The van der Waals surface area contributed by atoms with Crippen molar-refractivity contribution in [3.63, 3.8) is 0 Å². The van der Waals surface area contributed by atoms with Gasteiger partial charge in [-0.3, -0.25) is 9.10 Å². The lowest BCUT2D eigenvalue weighted by molar-refractivity contribution is -0.161. The number of para-hydroxylation sites is 1. The van der Waals surface area contributed by atoms with E-state index in [1.54, 1.807) is 12.1 Å². The Hall–Kier alpha value is -1.77. The number of fused-ring (bicyclic) bond motifs is 1. The minimum absolute atomic E-state index is 0.164. The first kappa shape index (κ1) is 18.0. The van der Waals surface area contributed by atoms with Gasteiger partial charge in [0.2, 0.25) is 15.9 Å². The van der Waals surface area contributed by atoms with E-state index in [0.29, 0.717) is 31.5 Å². The molecule has 138 valence electrons. The molecule has 1 aromatic rings. The van der Waals surface area contributed by atoms with E-state index in [-0.39, 0.29) is 13.1 Å². The fourth-order valence-corrected chi connectivity index (χ4v) is 5.43. The van der Waals surface area contributed by atoms with E-state index in [4.69, 9.17) is 0 Å². The Labute approximate surface area is 144 Å². The maximum absolute atomic E-state index is 13.0. The molecule has 25 heavy (non-hydrogen) atoms. The molecule has 0 radical (unpaired) electrons. The van der Waals surface area contributed by atoms with Gasteiger partial charge in [0.25, 0.3) is 0 Å². The molecule has 1 amide bonds. The second kappa shape index (κ2) is 6.51. The number of hydrogen-bond acceptors (Lipinski definition) is 3. The highest BCUT2D eigenvalue weighted by molar-refractivity contribution is 7.93. The number of alkyl halides is 3. The van der Waals surface area contributed by atoms with Crippen molar-refractivity contribution in [3.8, 4) is 0 Å². The fourth-order valence-electron chi connectivity index (χ4n) is 3.44. The van der Waals surface area contributed by atoms with E-state index in [1.807, 2.05) is 12.1 Å². The van der Waals surface area contributed by atoms with Gasteiger partial charge >= 0.3 is 6.18 Å². The SMILES string of the molecule is O=C(CC(F)(F)F)N1CCC[C@@H](S(=O)(=O)N2CCc3ccccc32)C1. The van der Waals surface area contributed by atoms with Crippen molar-refractivity contribution in [3.05, 3.63) is 29.8 Å². The summed E-state index contributed by atoms with van der Waals surface area (Å²) in [6.45, 7) is 0.308. The van der Waals surface area contributed by atoms with E-state index >= 15 is 0 Å². The molecule has 9 heteroatoms. The molecule has 0 spiro atoms. The highest BCUT2D eigenvalue weighted by Gasteiger charge is 2.41. The third-order valence-electron chi connectivity index (χ3n) is 4.66. The first-order valence-electron chi connectivity index (χ1n) is 8.12. The molecule has 3 rings (SSSR count). The van der Waals surface area contributed by atoms with Crippen LogP contribution in [-0.2, 0) is 21.2 Å². The standard InChI is InChI=1S/C16H19F3N2O3S/c17-16(18,19)10-15(22)20-8-3-5-13(11-20)25(23,24)21-9-7-12-4-1-2-6-14(12)21/h1-2,4,6,13H,3,5,7-11H2/t13-/m1/s1. The number of piperidine rings is 1. The van der Waals surface area contributed by atoms with Crippen molar-refractivity contribution in [2.24, 2.45) is 0 Å². The van der Waals surface area contributed by atoms with Gasteiger partial charge < -0.3 is 4.90 Å². The van der Waals surface area contributed by atoms with Crippen LogP contribution < -0.4 is 4.31 Å². The quantitative estimate of drug-likeness (QED) is 0.814. The van der Waals surface area contributed by atoms with Crippen molar-refractivity contribution in [1.29, 1.82) is 0 Å². The van der Waals surface area contributed by atoms with Gasteiger partial charge in [0.1, 0.15) is 6.42 Å². The molecule has 1 aromatic carbocycles. The zero-order valence-corrected chi connectivity index (χ0v) is 14.3. The zero-order chi connectivity index (χ0) is 18.2. The lowest BCUT2D eigenvalue weighted by Crippen LogP contribution is -2.50. The van der Waals surface area contributed by atoms with Crippen LogP contribution in [0.25, 0.3) is 0 Å². The summed E-state index contributed by atoms with van der Waals surface area (Å²) in [7, 11) is -3.73. The molecule has 2 aliphatic heterocycles. The van der Waals surface area contributed by atoms with Crippen LogP contribution in [-0.4, -0.2) is 50.3 Å². The van der Waals surface area contributed by atoms with Gasteiger partial charge in [0, 0.05) is 19.6 Å². The maximum atomic E-state index is 13.0. The van der Waals surface area contributed by atoms with E-state index in [9.17, 15) is 26.4 Å². The molecule has 0 aliphatic carbocycles. The smallest absolute Gasteiger partial charge is 0.341 e. The molecule has 0 unspecified atom stereocenters. The van der Waals surface area contributed by atoms with Crippen LogP contribution in [0, 0.1) is 0 Å². The summed E-state index contributed by atoms with van der Waals surface area (Å²) < 4.78 is 64.6. The molecule has 0 bridgehead atoms. The Bertz CT molecular complexity index is 764. The van der Waals surface area contributed by atoms with Crippen LogP contribution in [0.2, 0.25) is 0 Å². The third kappa shape index (κ3) is 3.75. The Morgan fingerprint density at radius 3 is 2.64 bits per heavy atom. The van der Waals surface area contributed by atoms with Gasteiger partial charge in [-0.05, 0) is 30.9 Å². The lowest BCUT2D eigenvalue weighted by atomic mass is 10.1. The number of hydrogen-bond donors (Lipinski definition) is 0. The minimum Gasteiger partial charge on any atom is -0.341 e. The van der Waals surface area contributed by atoms with Gasteiger partial charge in [0.15, 0.2) is 0 Å². The first-order valence-corrected chi connectivity index (χ1v) is 9.63. The normalized spacial score (nSPS) is 21.3. The number of benzene rings is 1. The first-order chi connectivity index (χ1) is 11.7. The highest BCUT2D eigenvalue weighted by Crippen LogP contribution is 2.33. The Morgan fingerprint density at radius 1 is 1.20 bits per heavy atom. The third-order valence-corrected chi connectivity index (χ3v) is 6.88. The molecule has 2 heterocycles. The Balaban J connectivity index is 1.76. The summed E-state index contributed by atoms with van der Waals surface area (Å²) in [6, 6.07) is 7.19. The second-order valence-corrected chi connectivity index (χ2v) is 8.53. The van der Waals surface area contributed by atoms with Gasteiger partial charge in [0.05, 0.1) is 10.9 Å². The molecule has 2 aliphatic rings. The molecule has 0 aromatic heterocycles. The van der Waals surface area contributed by atoms with Crippen LogP contribution in [0.15, 0.2) is 24.3 Å². The van der Waals surface area contributed by atoms with Gasteiger partial charge in [-0.2, -0.15) is 13.2 Å². The Kier molecular flexibility index (Phi) is 4.70. The molecule has 0 N–H and O–H groups in total.